The second kappa shape index (κ2) is 2.44. The maximum absolute atomic E-state index is 10.9. The average molecular weight is 164 g/mol. The summed E-state index contributed by atoms with van der Waals surface area (Å²) < 4.78 is 0. The van der Waals surface area contributed by atoms with E-state index in [0.717, 1.165) is 5.56 Å². The van der Waals surface area contributed by atoms with Crippen molar-refractivity contribution in [2.24, 2.45) is 0 Å². The third-order valence-corrected chi connectivity index (χ3v) is 1.76. The van der Waals surface area contributed by atoms with E-state index >= 15 is 0 Å². The van der Waals surface area contributed by atoms with Crippen LogP contribution in [0.1, 0.15) is 12.0 Å². The van der Waals surface area contributed by atoms with Gasteiger partial charge in [-0.3, -0.25) is 4.79 Å². The Hall–Kier alpha value is -1.65. The number of fused-ring (bicyclic) bond motifs is 1. The summed E-state index contributed by atoms with van der Waals surface area (Å²) in [6.45, 7) is 0. The normalized spacial score (nSPS) is 15.2. The van der Waals surface area contributed by atoms with E-state index in [1.54, 1.807) is 6.20 Å². The first kappa shape index (κ1) is 7.02. The number of aryl methyl sites for hydroxylation is 1. The smallest absolute Gasteiger partial charge is 0.225 e. The lowest BCUT2D eigenvalue weighted by atomic mass is 10.1. The number of anilines is 2. The van der Waals surface area contributed by atoms with Crippen molar-refractivity contribution in [3.8, 4) is 0 Å². The van der Waals surface area contributed by atoms with E-state index in [0.29, 0.717) is 18.7 Å². The average Bonchev–Trinajstić information content (AvgIpc) is 2.03. The molecule has 0 atom stereocenters. The van der Waals surface area contributed by atoms with Gasteiger partial charge in [-0.1, -0.05) is 0 Å². The number of amides is 1. The lowest BCUT2D eigenvalue weighted by Gasteiger charge is -2.14. The number of aromatic nitrogens is 2. The fraction of sp³-hybridized carbons (Fsp3) is 0.286. The van der Waals surface area contributed by atoms with Gasteiger partial charge in [0.25, 0.3) is 0 Å². The van der Waals surface area contributed by atoms with Gasteiger partial charge in [-0.15, -0.1) is 0 Å². The number of nitrogen functional groups attached to an aromatic ring is 1. The van der Waals surface area contributed by atoms with Crippen LogP contribution in [0.3, 0.4) is 0 Å². The lowest BCUT2D eigenvalue weighted by molar-refractivity contribution is -0.116. The summed E-state index contributed by atoms with van der Waals surface area (Å²) in [4.78, 5) is 18.7. The highest BCUT2D eigenvalue weighted by Gasteiger charge is 2.15. The van der Waals surface area contributed by atoms with Crippen LogP contribution in [-0.4, -0.2) is 15.9 Å². The fourth-order valence-electron chi connectivity index (χ4n) is 1.15. The Morgan fingerprint density at radius 3 is 3.17 bits per heavy atom. The molecule has 0 saturated carbocycles. The Labute approximate surface area is 69.0 Å². The van der Waals surface area contributed by atoms with E-state index in [-0.39, 0.29) is 11.9 Å². The number of nitrogens with one attached hydrogen (secondary N) is 1. The molecule has 2 heterocycles. The third-order valence-electron chi connectivity index (χ3n) is 1.76. The number of carbonyl (C=O) groups is 1. The number of nitrogens with two attached hydrogens (primary N) is 1. The van der Waals surface area contributed by atoms with Crippen LogP contribution < -0.4 is 11.1 Å². The van der Waals surface area contributed by atoms with Gasteiger partial charge in [0.15, 0.2) is 0 Å². The first-order valence-electron chi connectivity index (χ1n) is 3.67. The molecule has 0 fully saturated rings. The summed E-state index contributed by atoms with van der Waals surface area (Å²) in [6, 6.07) is 0. The van der Waals surface area contributed by atoms with Crippen LogP contribution >= 0.6 is 0 Å². The van der Waals surface area contributed by atoms with Gasteiger partial charge in [-0.2, -0.15) is 4.98 Å². The van der Waals surface area contributed by atoms with Gasteiger partial charge in [0.05, 0.1) is 0 Å². The Bertz CT molecular complexity index is 336. The largest absolute Gasteiger partial charge is 0.368 e. The number of carbonyl (C=O) groups excluding carboxylic acids is 1. The first-order valence-corrected chi connectivity index (χ1v) is 3.67. The van der Waals surface area contributed by atoms with Crippen molar-refractivity contribution in [3.63, 3.8) is 0 Å². The van der Waals surface area contributed by atoms with Gasteiger partial charge in [0, 0.05) is 18.2 Å². The topological polar surface area (TPSA) is 80.9 Å². The standard InChI is InChI=1S/C7H8N4O/c8-7-9-3-4-1-2-5(12)10-6(4)11-7/h3H,1-2H2,(H3,8,9,10,11,12). The molecule has 2 rings (SSSR count). The van der Waals surface area contributed by atoms with E-state index in [4.69, 9.17) is 5.73 Å². The predicted octanol–water partition coefficient (Wildman–Crippen LogP) is -0.0565. The van der Waals surface area contributed by atoms with Gasteiger partial charge >= 0.3 is 0 Å². The zero-order chi connectivity index (χ0) is 8.55. The summed E-state index contributed by atoms with van der Waals surface area (Å²) in [5, 5.41) is 2.63. The van der Waals surface area contributed by atoms with Crippen LogP contribution in [0.5, 0.6) is 0 Å². The quantitative estimate of drug-likeness (QED) is 0.563. The van der Waals surface area contributed by atoms with Crippen LogP contribution in [-0.2, 0) is 11.2 Å². The van der Waals surface area contributed by atoms with E-state index < -0.39 is 0 Å². The molecule has 0 aliphatic carbocycles. The molecule has 62 valence electrons. The Kier molecular flexibility index (Phi) is 1.43. The minimum absolute atomic E-state index is 0.0133. The molecule has 1 aliphatic rings. The number of hydrogen-bond donors (Lipinski definition) is 2. The van der Waals surface area contributed by atoms with Crippen LogP contribution in [0.4, 0.5) is 11.8 Å². The molecule has 12 heavy (non-hydrogen) atoms. The first-order chi connectivity index (χ1) is 5.75. The van der Waals surface area contributed by atoms with Crippen LogP contribution in [0.25, 0.3) is 0 Å². The number of nitrogens with zero attached hydrogens (tertiary/aromatic N) is 2. The molecule has 1 amide bonds. The fourth-order valence-corrected chi connectivity index (χ4v) is 1.15. The van der Waals surface area contributed by atoms with Crippen molar-refractivity contribution in [2.45, 2.75) is 12.8 Å². The molecule has 1 aliphatic heterocycles. The van der Waals surface area contributed by atoms with E-state index in [1.807, 2.05) is 0 Å². The van der Waals surface area contributed by atoms with Crippen molar-refractivity contribution < 1.29 is 4.79 Å². The van der Waals surface area contributed by atoms with Crippen LogP contribution in [0.2, 0.25) is 0 Å². The second-order valence-electron chi connectivity index (χ2n) is 2.65. The Morgan fingerprint density at radius 2 is 2.33 bits per heavy atom. The minimum Gasteiger partial charge on any atom is -0.368 e. The predicted molar refractivity (Wildman–Crippen MR) is 43.4 cm³/mol. The van der Waals surface area contributed by atoms with Gasteiger partial charge in [0.2, 0.25) is 11.9 Å². The highest BCUT2D eigenvalue weighted by molar-refractivity contribution is 5.92. The second-order valence-corrected chi connectivity index (χ2v) is 2.65. The lowest BCUT2D eigenvalue weighted by Crippen LogP contribution is -2.20. The molecule has 0 spiro atoms. The van der Waals surface area contributed by atoms with Crippen molar-refractivity contribution >= 4 is 17.7 Å². The maximum Gasteiger partial charge on any atom is 0.225 e. The highest BCUT2D eigenvalue weighted by atomic mass is 16.1. The molecule has 5 nitrogen and oxygen atoms in total. The molecule has 3 N–H and O–H groups in total. The number of hydrogen-bond acceptors (Lipinski definition) is 4. The molecule has 0 aromatic carbocycles. The van der Waals surface area contributed by atoms with Gasteiger partial charge in [-0.25, -0.2) is 4.98 Å². The SMILES string of the molecule is Nc1ncc2c(n1)NC(=O)CC2. The van der Waals surface area contributed by atoms with Gasteiger partial charge < -0.3 is 11.1 Å². The maximum atomic E-state index is 10.9. The third kappa shape index (κ3) is 1.09. The molecular formula is C7H8N4O. The van der Waals surface area contributed by atoms with Crippen molar-refractivity contribution in [2.75, 3.05) is 11.1 Å². The van der Waals surface area contributed by atoms with Crippen LogP contribution in [0.15, 0.2) is 6.20 Å². The molecule has 0 radical (unpaired) electrons. The number of rotatable bonds is 0. The summed E-state index contributed by atoms with van der Waals surface area (Å²) in [5.41, 5.74) is 6.30. The summed E-state index contributed by atoms with van der Waals surface area (Å²) in [7, 11) is 0. The van der Waals surface area contributed by atoms with Gasteiger partial charge in [-0.05, 0) is 6.42 Å². The molecule has 0 bridgehead atoms. The van der Waals surface area contributed by atoms with Crippen molar-refractivity contribution in [1.82, 2.24) is 9.97 Å². The zero-order valence-electron chi connectivity index (χ0n) is 6.37. The summed E-state index contributed by atoms with van der Waals surface area (Å²) in [6.07, 6.45) is 2.85. The summed E-state index contributed by atoms with van der Waals surface area (Å²) >= 11 is 0. The molecule has 1 aromatic heterocycles. The molecule has 0 unspecified atom stereocenters. The van der Waals surface area contributed by atoms with E-state index in [1.165, 1.54) is 0 Å². The van der Waals surface area contributed by atoms with E-state index in [9.17, 15) is 4.79 Å². The van der Waals surface area contributed by atoms with E-state index in [2.05, 4.69) is 15.3 Å². The highest BCUT2D eigenvalue weighted by Crippen LogP contribution is 2.18. The monoisotopic (exact) mass is 164 g/mol. The van der Waals surface area contributed by atoms with Crippen LogP contribution in [0, 0.1) is 0 Å². The molecule has 5 heteroatoms. The van der Waals surface area contributed by atoms with Crippen molar-refractivity contribution in [1.29, 1.82) is 0 Å². The van der Waals surface area contributed by atoms with Crippen molar-refractivity contribution in [3.05, 3.63) is 11.8 Å². The molecule has 1 aromatic rings. The zero-order valence-corrected chi connectivity index (χ0v) is 6.37. The Morgan fingerprint density at radius 1 is 1.50 bits per heavy atom. The summed E-state index contributed by atoms with van der Waals surface area (Å²) in [5.74, 6) is 0.732. The minimum atomic E-state index is -0.0133. The molecular weight excluding hydrogens is 156 g/mol. The van der Waals surface area contributed by atoms with Gasteiger partial charge in [0.1, 0.15) is 5.82 Å². The molecule has 0 saturated heterocycles. The Balaban J connectivity index is 2.44.